The zero-order chi connectivity index (χ0) is 27.4. The number of carbonyl (C=O) groups is 1. The summed E-state index contributed by atoms with van der Waals surface area (Å²) in [6, 6.07) is 14.5. The fourth-order valence-corrected chi connectivity index (χ4v) is 7.05. The third-order valence-electron chi connectivity index (χ3n) is 9.06. The number of ether oxygens (including phenoxy) is 1. The van der Waals surface area contributed by atoms with Crippen molar-refractivity contribution in [1.29, 1.82) is 0 Å². The summed E-state index contributed by atoms with van der Waals surface area (Å²) in [7, 11) is 1.66. The number of amides is 1. The smallest absolute Gasteiger partial charge is 0.256 e. The molecule has 7 rings (SSSR count). The van der Waals surface area contributed by atoms with Crippen molar-refractivity contribution in [2.45, 2.75) is 45.1 Å². The molecule has 0 unspecified atom stereocenters. The molecule has 2 aromatic heterocycles. The number of carbonyl (C=O) groups excluding carboxylic acids is 1. The zero-order valence-electron chi connectivity index (χ0n) is 23.2. The Morgan fingerprint density at radius 1 is 1.02 bits per heavy atom. The van der Waals surface area contributed by atoms with Crippen molar-refractivity contribution in [3.8, 4) is 22.8 Å². The van der Waals surface area contributed by atoms with Crippen molar-refractivity contribution < 1.29 is 14.6 Å². The van der Waals surface area contributed by atoms with Gasteiger partial charge in [-0.2, -0.15) is 0 Å². The SMILES string of the molecule is COc1ccc(-c2ccc3c(C4=CCc5c4[nH]c(C)c5C(=O)N4CCC[C@H]4CN4CCCC4)c(O)[nH]c3c2)cc1. The van der Waals surface area contributed by atoms with Crippen LogP contribution in [-0.4, -0.2) is 70.1 Å². The van der Waals surface area contributed by atoms with E-state index in [1.165, 1.54) is 12.8 Å². The highest BCUT2D eigenvalue weighted by atomic mass is 16.5. The summed E-state index contributed by atoms with van der Waals surface area (Å²) >= 11 is 0. The van der Waals surface area contributed by atoms with Crippen LogP contribution in [0.25, 0.3) is 27.6 Å². The van der Waals surface area contributed by atoms with E-state index in [4.69, 9.17) is 4.74 Å². The van der Waals surface area contributed by atoms with E-state index in [0.717, 1.165) is 100 Å². The van der Waals surface area contributed by atoms with Crippen molar-refractivity contribution in [3.05, 3.63) is 76.6 Å². The molecule has 2 aliphatic heterocycles. The Labute approximate surface area is 234 Å². The topological polar surface area (TPSA) is 84.6 Å². The second-order valence-corrected chi connectivity index (χ2v) is 11.4. The molecule has 4 aromatic rings. The third kappa shape index (κ3) is 4.11. The third-order valence-corrected chi connectivity index (χ3v) is 9.06. The first-order chi connectivity index (χ1) is 19.5. The quantitative estimate of drug-likeness (QED) is 0.288. The molecule has 0 radical (unpaired) electrons. The second kappa shape index (κ2) is 9.89. The lowest BCUT2D eigenvalue weighted by Gasteiger charge is -2.29. The van der Waals surface area contributed by atoms with Crippen LogP contribution in [0.5, 0.6) is 11.6 Å². The van der Waals surface area contributed by atoms with E-state index in [9.17, 15) is 9.90 Å². The monoisotopic (exact) mass is 536 g/mol. The van der Waals surface area contributed by atoms with Gasteiger partial charge in [0, 0.05) is 41.3 Å². The van der Waals surface area contributed by atoms with Crippen LogP contribution in [0.15, 0.2) is 48.5 Å². The van der Waals surface area contributed by atoms with Gasteiger partial charge >= 0.3 is 0 Å². The number of nitrogens with zero attached hydrogens (tertiary/aromatic N) is 2. The Morgan fingerprint density at radius 2 is 1.80 bits per heavy atom. The van der Waals surface area contributed by atoms with E-state index in [0.29, 0.717) is 12.5 Å². The minimum absolute atomic E-state index is 0.145. The minimum Gasteiger partial charge on any atom is -0.497 e. The first kappa shape index (κ1) is 25.0. The van der Waals surface area contributed by atoms with Gasteiger partial charge in [-0.05, 0) is 87.0 Å². The lowest BCUT2D eigenvalue weighted by Crippen LogP contribution is -2.42. The molecule has 1 aliphatic carbocycles. The van der Waals surface area contributed by atoms with Crippen LogP contribution in [0.4, 0.5) is 0 Å². The first-order valence-electron chi connectivity index (χ1n) is 14.5. The molecule has 4 heterocycles. The van der Waals surface area contributed by atoms with Gasteiger partial charge in [0.05, 0.1) is 23.9 Å². The van der Waals surface area contributed by atoms with Crippen LogP contribution in [0.3, 0.4) is 0 Å². The number of likely N-dealkylation sites (tertiary alicyclic amines) is 2. The lowest BCUT2D eigenvalue weighted by atomic mass is 9.99. The fraction of sp³-hybridized carbons (Fsp3) is 0.364. The van der Waals surface area contributed by atoms with Crippen molar-refractivity contribution in [2.24, 2.45) is 0 Å². The maximum Gasteiger partial charge on any atom is 0.256 e. The number of H-pyrrole nitrogens is 2. The predicted molar refractivity (Wildman–Crippen MR) is 158 cm³/mol. The summed E-state index contributed by atoms with van der Waals surface area (Å²) in [5, 5.41) is 12.0. The van der Waals surface area contributed by atoms with E-state index >= 15 is 0 Å². The highest BCUT2D eigenvalue weighted by Gasteiger charge is 2.36. The molecule has 40 heavy (non-hydrogen) atoms. The molecule has 7 nitrogen and oxygen atoms in total. The number of hydrogen-bond acceptors (Lipinski definition) is 4. The minimum atomic E-state index is 0.145. The van der Waals surface area contributed by atoms with Crippen LogP contribution in [0.1, 0.15) is 58.6 Å². The normalized spacial score (nSPS) is 19.0. The van der Waals surface area contributed by atoms with Gasteiger partial charge < -0.3 is 29.6 Å². The molecular formula is C33H36N4O3. The molecular weight excluding hydrogens is 500 g/mol. The Balaban J connectivity index is 1.19. The molecule has 3 N–H and O–H groups in total. The number of allylic oxidation sites excluding steroid dienone is 1. The van der Waals surface area contributed by atoms with E-state index in [1.807, 2.05) is 31.2 Å². The van der Waals surface area contributed by atoms with Crippen molar-refractivity contribution in [2.75, 3.05) is 33.3 Å². The molecule has 2 fully saturated rings. The molecule has 2 aromatic carbocycles. The number of aromatic hydroxyl groups is 1. The van der Waals surface area contributed by atoms with Crippen LogP contribution < -0.4 is 4.74 Å². The lowest BCUT2D eigenvalue weighted by molar-refractivity contribution is 0.0707. The van der Waals surface area contributed by atoms with E-state index in [2.05, 4.69) is 44.0 Å². The number of nitrogens with one attached hydrogen (secondary N) is 2. The number of rotatable bonds is 6. The summed E-state index contributed by atoms with van der Waals surface area (Å²) < 4.78 is 5.29. The summed E-state index contributed by atoms with van der Waals surface area (Å²) in [5.74, 6) is 1.12. The van der Waals surface area contributed by atoms with Gasteiger partial charge in [-0.1, -0.05) is 30.3 Å². The molecule has 0 spiro atoms. The summed E-state index contributed by atoms with van der Waals surface area (Å²) in [4.78, 5) is 25.3. The Bertz CT molecular complexity index is 1620. The molecule has 206 valence electrons. The van der Waals surface area contributed by atoms with Crippen LogP contribution in [0, 0.1) is 6.92 Å². The number of aryl methyl sites for hydroxylation is 1. The van der Waals surface area contributed by atoms with Crippen LogP contribution >= 0.6 is 0 Å². The summed E-state index contributed by atoms with van der Waals surface area (Å²) in [6.45, 7) is 6.13. The maximum atomic E-state index is 14.0. The molecule has 0 saturated carbocycles. The molecule has 0 bridgehead atoms. The van der Waals surface area contributed by atoms with E-state index < -0.39 is 0 Å². The van der Waals surface area contributed by atoms with Crippen molar-refractivity contribution >= 4 is 22.4 Å². The number of benzene rings is 2. The van der Waals surface area contributed by atoms with Gasteiger partial charge in [0.2, 0.25) is 0 Å². The van der Waals surface area contributed by atoms with Gasteiger partial charge in [-0.25, -0.2) is 0 Å². The van der Waals surface area contributed by atoms with Gasteiger partial charge in [0.1, 0.15) is 5.75 Å². The molecule has 3 aliphatic rings. The number of aromatic nitrogens is 2. The number of fused-ring (bicyclic) bond motifs is 2. The highest BCUT2D eigenvalue weighted by Crippen LogP contribution is 2.43. The first-order valence-corrected chi connectivity index (χ1v) is 14.5. The Morgan fingerprint density at radius 3 is 2.58 bits per heavy atom. The molecule has 1 amide bonds. The summed E-state index contributed by atoms with van der Waals surface area (Å²) in [5.41, 5.74) is 8.47. The van der Waals surface area contributed by atoms with Gasteiger partial charge in [-0.15, -0.1) is 0 Å². The van der Waals surface area contributed by atoms with Crippen molar-refractivity contribution in [3.63, 3.8) is 0 Å². The largest absolute Gasteiger partial charge is 0.497 e. The average Bonchev–Trinajstić information content (AvgIpc) is 3.79. The van der Waals surface area contributed by atoms with Gasteiger partial charge in [-0.3, -0.25) is 4.79 Å². The predicted octanol–water partition coefficient (Wildman–Crippen LogP) is 5.87. The van der Waals surface area contributed by atoms with Crippen LogP contribution in [-0.2, 0) is 6.42 Å². The molecule has 2 saturated heterocycles. The van der Waals surface area contributed by atoms with Crippen molar-refractivity contribution in [1.82, 2.24) is 19.8 Å². The number of methoxy groups -OCH3 is 1. The van der Waals surface area contributed by atoms with Gasteiger partial charge in [0.15, 0.2) is 5.88 Å². The Kier molecular flexibility index (Phi) is 6.19. The molecule has 7 heteroatoms. The van der Waals surface area contributed by atoms with E-state index in [-0.39, 0.29) is 11.8 Å². The fourth-order valence-electron chi connectivity index (χ4n) is 7.05. The standard InChI is InChI=1S/C33H36N4O3/c1-20-29(33(39)37-17-5-6-23(37)19-36-15-3-4-16-36)26-13-14-27(31(26)34-20)30-25-12-9-22(18-28(25)35-32(30)38)21-7-10-24(40-2)11-8-21/h7-12,14,18,23,34-35,38H,3-6,13,15-17,19H2,1-2H3/t23-/m0/s1. The highest BCUT2D eigenvalue weighted by molar-refractivity contribution is 6.05. The number of aromatic amines is 2. The van der Waals surface area contributed by atoms with E-state index in [1.54, 1.807) is 7.11 Å². The van der Waals surface area contributed by atoms with Crippen LogP contribution in [0.2, 0.25) is 0 Å². The zero-order valence-corrected chi connectivity index (χ0v) is 23.2. The second-order valence-electron chi connectivity index (χ2n) is 11.4. The summed E-state index contributed by atoms with van der Waals surface area (Å²) in [6.07, 6.45) is 7.51. The number of hydrogen-bond donors (Lipinski definition) is 3. The maximum absolute atomic E-state index is 14.0. The van der Waals surface area contributed by atoms with Gasteiger partial charge in [0.25, 0.3) is 5.91 Å². The molecule has 1 atom stereocenters. The Hall–Kier alpha value is -3.97. The average molecular weight is 537 g/mol.